The zero-order valence-corrected chi connectivity index (χ0v) is 10.9. The van der Waals surface area contributed by atoms with Gasteiger partial charge in [0.2, 0.25) is 0 Å². The van der Waals surface area contributed by atoms with Crippen molar-refractivity contribution in [3.63, 3.8) is 0 Å². The van der Waals surface area contributed by atoms with Crippen LogP contribution in [0, 0.1) is 5.21 Å². The van der Waals surface area contributed by atoms with Crippen molar-refractivity contribution in [3.05, 3.63) is 41.2 Å². The Morgan fingerprint density at radius 2 is 2.20 bits per heavy atom. The van der Waals surface area contributed by atoms with Crippen molar-refractivity contribution in [3.8, 4) is 5.88 Å². The molecule has 0 radical (unpaired) electrons. The maximum atomic E-state index is 11.3. The third-order valence-corrected chi connectivity index (χ3v) is 2.68. The Morgan fingerprint density at radius 3 is 2.80 bits per heavy atom. The predicted molar refractivity (Wildman–Crippen MR) is 68.8 cm³/mol. The molecule has 0 atom stereocenters. The second-order valence-electron chi connectivity index (χ2n) is 3.95. The molecule has 0 aliphatic carbocycles. The molecule has 0 saturated heterocycles. The molecule has 20 heavy (non-hydrogen) atoms. The number of hydrogen-bond donors (Lipinski definition) is 1. The topological polar surface area (TPSA) is 109 Å². The first-order valence-corrected chi connectivity index (χ1v) is 5.97. The molecule has 2 N–H and O–H groups in total. The zero-order valence-electron chi connectivity index (χ0n) is 10.9. The summed E-state index contributed by atoms with van der Waals surface area (Å²) in [5, 5.41) is 14.9. The van der Waals surface area contributed by atoms with Gasteiger partial charge < -0.3 is 20.6 Å². The lowest BCUT2D eigenvalue weighted by Gasteiger charge is -2.20. The summed E-state index contributed by atoms with van der Waals surface area (Å²) >= 11 is 0. The maximum absolute atomic E-state index is 11.3. The standard InChI is InChI=1S/C12H14N4O4/c1-2-15(9-6-4-3-5-7-9)8-10-11(19-12(13)17)16(18)20-14-10/h3-7H,2,8H2,1H3,(H2,13,17). The van der Waals surface area contributed by atoms with Gasteiger partial charge >= 0.3 is 12.0 Å². The van der Waals surface area contributed by atoms with Crippen molar-refractivity contribution < 1.29 is 19.1 Å². The van der Waals surface area contributed by atoms with Crippen LogP contribution < -0.4 is 20.3 Å². The fraction of sp³-hybridized carbons (Fsp3) is 0.250. The first-order chi connectivity index (χ1) is 9.61. The highest BCUT2D eigenvalue weighted by Gasteiger charge is 2.25. The van der Waals surface area contributed by atoms with Crippen LogP contribution in [-0.4, -0.2) is 17.8 Å². The van der Waals surface area contributed by atoms with Crippen LogP contribution in [0.1, 0.15) is 12.6 Å². The molecule has 1 aromatic heterocycles. The summed E-state index contributed by atoms with van der Waals surface area (Å²) in [5.74, 6) is -0.341. The van der Waals surface area contributed by atoms with Gasteiger partial charge in [0, 0.05) is 17.4 Å². The van der Waals surface area contributed by atoms with E-state index in [1.54, 1.807) is 0 Å². The number of aromatic nitrogens is 2. The molecule has 106 valence electrons. The van der Waals surface area contributed by atoms with E-state index < -0.39 is 6.09 Å². The van der Waals surface area contributed by atoms with Gasteiger partial charge in [0.05, 0.1) is 6.54 Å². The molecule has 0 aliphatic heterocycles. The molecule has 0 saturated carbocycles. The molecule has 0 bridgehead atoms. The van der Waals surface area contributed by atoms with E-state index in [1.165, 1.54) is 0 Å². The molecule has 1 aromatic carbocycles. The highest BCUT2D eigenvalue weighted by atomic mass is 16.8. The summed E-state index contributed by atoms with van der Waals surface area (Å²) in [6.45, 7) is 2.88. The van der Waals surface area contributed by atoms with Crippen LogP contribution in [0.25, 0.3) is 0 Å². The molecule has 1 heterocycles. The second kappa shape index (κ2) is 5.91. The minimum Gasteiger partial charge on any atom is -0.367 e. The lowest BCUT2D eigenvalue weighted by Crippen LogP contribution is -2.31. The summed E-state index contributed by atoms with van der Waals surface area (Å²) in [7, 11) is 0. The van der Waals surface area contributed by atoms with Gasteiger partial charge in [0.15, 0.2) is 0 Å². The summed E-state index contributed by atoms with van der Waals surface area (Å²) in [6, 6.07) is 9.54. The highest BCUT2D eigenvalue weighted by Crippen LogP contribution is 2.19. The Hall–Kier alpha value is -2.77. The predicted octanol–water partition coefficient (Wildman–Crippen LogP) is 0.792. The number of nitrogens with two attached hydrogens (primary N) is 1. The molecule has 0 fully saturated rings. The maximum Gasteiger partial charge on any atom is 0.412 e. The Balaban J connectivity index is 2.22. The number of carbonyl (C=O) groups is 1. The lowest BCUT2D eigenvalue weighted by molar-refractivity contribution is -0.804. The molecule has 2 aromatic rings. The number of carbonyl (C=O) groups excluding carboxylic acids is 1. The average Bonchev–Trinajstić information content (AvgIpc) is 2.78. The van der Waals surface area contributed by atoms with Crippen LogP contribution in [0.5, 0.6) is 5.88 Å². The van der Waals surface area contributed by atoms with E-state index in [1.807, 2.05) is 42.2 Å². The SMILES string of the molecule is CCN(Cc1no[n+]([O-])c1OC(N)=O)c1ccccc1. The first-order valence-electron chi connectivity index (χ1n) is 5.97. The molecule has 1 amide bonds. The molecular formula is C12H14N4O4. The summed E-state index contributed by atoms with van der Waals surface area (Å²) in [5.41, 5.74) is 6.04. The Labute approximate surface area is 114 Å². The van der Waals surface area contributed by atoms with E-state index in [-0.39, 0.29) is 23.0 Å². The quantitative estimate of drug-likeness (QED) is 0.810. The zero-order chi connectivity index (χ0) is 14.5. The van der Waals surface area contributed by atoms with Gasteiger partial charge in [0.25, 0.3) is 5.69 Å². The first kappa shape index (κ1) is 13.7. The fourth-order valence-electron chi connectivity index (χ4n) is 1.76. The van der Waals surface area contributed by atoms with Crippen LogP contribution >= 0.6 is 0 Å². The van der Waals surface area contributed by atoms with Gasteiger partial charge in [-0.05, 0) is 24.0 Å². The van der Waals surface area contributed by atoms with Crippen molar-refractivity contribution in [2.24, 2.45) is 5.73 Å². The lowest BCUT2D eigenvalue weighted by atomic mass is 10.2. The number of amides is 1. The number of benzene rings is 1. The van der Waals surface area contributed by atoms with Crippen molar-refractivity contribution in [2.45, 2.75) is 13.5 Å². The van der Waals surface area contributed by atoms with Crippen molar-refractivity contribution in [1.29, 1.82) is 0 Å². The molecular weight excluding hydrogens is 264 g/mol. The van der Waals surface area contributed by atoms with Gasteiger partial charge in [-0.2, -0.15) is 0 Å². The number of primary amides is 1. The summed E-state index contributed by atoms with van der Waals surface area (Å²) in [4.78, 5) is 12.7. The van der Waals surface area contributed by atoms with E-state index in [4.69, 9.17) is 5.73 Å². The smallest absolute Gasteiger partial charge is 0.367 e. The normalized spacial score (nSPS) is 10.2. The van der Waals surface area contributed by atoms with E-state index in [9.17, 15) is 10.0 Å². The molecule has 8 nitrogen and oxygen atoms in total. The highest BCUT2D eigenvalue weighted by molar-refractivity contribution is 5.67. The van der Waals surface area contributed by atoms with Crippen molar-refractivity contribution >= 4 is 11.8 Å². The number of ether oxygens (including phenoxy) is 1. The second-order valence-corrected chi connectivity index (χ2v) is 3.95. The molecule has 0 aliphatic rings. The number of rotatable bonds is 5. The van der Waals surface area contributed by atoms with Crippen LogP contribution in [-0.2, 0) is 6.54 Å². The number of para-hydroxylation sites is 1. The number of hydrogen-bond acceptors (Lipinski definition) is 6. The third-order valence-electron chi connectivity index (χ3n) is 2.68. The number of anilines is 1. The summed E-state index contributed by atoms with van der Waals surface area (Å²) < 4.78 is 9.03. The third kappa shape index (κ3) is 2.97. The largest absolute Gasteiger partial charge is 0.412 e. The fourth-order valence-corrected chi connectivity index (χ4v) is 1.76. The molecule has 2 rings (SSSR count). The molecule has 0 spiro atoms. The Morgan fingerprint density at radius 1 is 1.50 bits per heavy atom. The van der Waals surface area contributed by atoms with Crippen LogP contribution in [0.4, 0.5) is 10.5 Å². The molecule has 8 heteroatoms. The number of nitrogens with zero attached hydrogens (tertiary/aromatic N) is 3. The van der Waals surface area contributed by atoms with Gasteiger partial charge in [-0.25, -0.2) is 4.79 Å². The summed E-state index contributed by atoms with van der Waals surface area (Å²) in [6.07, 6.45) is -1.10. The van der Waals surface area contributed by atoms with Gasteiger partial charge in [-0.15, -0.1) is 0 Å². The Kier molecular flexibility index (Phi) is 4.04. The Bertz CT molecular complexity index is 584. The van der Waals surface area contributed by atoms with Crippen LogP contribution in [0.15, 0.2) is 35.0 Å². The minimum absolute atomic E-state index is 0.0128. The van der Waals surface area contributed by atoms with E-state index >= 15 is 0 Å². The minimum atomic E-state index is -1.10. The molecule has 0 unspecified atom stereocenters. The van der Waals surface area contributed by atoms with Crippen LogP contribution in [0.3, 0.4) is 0 Å². The average molecular weight is 278 g/mol. The van der Waals surface area contributed by atoms with Gasteiger partial charge in [-0.1, -0.05) is 18.2 Å². The van der Waals surface area contributed by atoms with E-state index in [0.717, 1.165) is 5.69 Å². The van der Waals surface area contributed by atoms with Gasteiger partial charge in [0.1, 0.15) is 0 Å². The van der Waals surface area contributed by atoms with Gasteiger partial charge in [-0.3, -0.25) is 4.63 Å². The monoisotopic (exact) mass is 278 g/mol. The van der Waals surface area contributed by atoms with E-state index in [0.29, 0.717) is 6.54 Å². The van der Waals surface area contributed by atoms with Crippen molar-refractivity contribution in [2.75, 3.05) is 11.4 Å². The van der Waals surface area contributed by atoms with E-state index in [2.05, 4.69) is 14.5 Å². The van der Waals surface area contributed by atoms with Crippen LogP contribution in [0.2, 0.25) is 0 Å². The van der Waals surface area contributed by atoms with Crippen molar-refractivity contribution in [1.82, 2.24) is 5.16 Å².